The van der Waals surface area contributed by atoms with Crippen LogP contribution in [0.2, 0.25) is 0 Å². The van der Waals surface area contributed by atoms with E-state index in [2.05, 4.69) is 6.07 Å². The van der Waals surface area contributed by atoms with Crippen molar-refractivity contribution in [2.75, 3.05) is 36.9 Å². The number of benzene rings is 2. The molecule has 2 aromatic carbocycles. The van der Waals surface area contributed by atoms with Crippen molar-refractivity contribution in [1.29, 1.82) is 0 Å². The van der Waals surface area contributed by atoms with Crippen molar-refractivity contribution in [3.8, 4) is 0 Å². The van der Waals surface area contributed by atoms with Crippen LogP contribution in [0.4, 0.5) is 5.69 Å². The van der Waals surface area contributed by atoms with E-state index in [0.717, 1.165) is 43.0 Å². The molecular formula is C24H28N2O3S. The van der Waals surface area contributed by atoms with E-state index in [0.29, 0.717) is 24.4 Å². The first-order chi connectivity index (χ1) is 14.7. The molecule has 2 amide bonds. The molecule has 2 heterocycles. The van der Waals surface area contributed by atoms with Crippen LogP contribution in [-0.2, 0) is 16.0 Å². The van der Waals surface area contributed by atoms with E-state index in [-0.39, 0.29) is 17.9 Å². The highest BCUT2D eigenvalue weighted by Crippen LogP contribution is 2.30. The van der Waals surface area contributed by atoms with Gasteiger partial charge in [0.1, 0.15) is 0 Å². The number of likely N-dealkylation sites (N-methyl/N-ethyl adjacent to an activating group) is 1. The zero-order valence-electron chi connectivity index (χ0n) is 17.4. The Labute approximate surface area is 182 Å². The van der Waals surface area contributed by atoms with Crippen molar-refractivity contribution in [2.24, 2.45) is 0 Å². The Balaban J connectivity index is 1.43. The number of para-hydroxylation sites is 1. The number of rotatable bonds is 7. The summed E-state index contributed by atoms with van der Waals surface area (Å²) < 4.78 is 5.72. The largest absolute Gasteiger partial charge is 0.376 e. The quantitative estimate of drug-likeness (QED) is 0.630. The van der Waals surface area contributed by atoms with Gasteiger partial charge in [-0.1, -0.05) is 30.3 Å². The van der Waals surface area contributed by atoms with Gasteiger partial charge in [0.2, 0.25) is 5.91 Å². The molecule has 0 spiro atoms. The molecule has 2 aliphatic heterocycles. The van der Waals surface area contributed by atoms with Gasteiger partial charge in [0.25, 0.3) is 5.91 Å². The summed E-state index contributed by atoms with van der Waals surface area (Å²) in [7, 11) is 0. The Morgan fingerprint density at radius 2 is 1.97 bits per heavy atom. The molecule has 4 rings (SSSR count). The Morgan fingerprint density at radius 1 is 1.17 bits per heavy atom. The van der Waals surface area contributed by atoms with Crippen LogP contribution in [0.5, 0.6) is 0 Å². The fourth-order valence-corrected chi connectivity index (χ4v) is 5.06. The number of nitrogens with zero attached hydrogens (tertiary/aromatic N) is 2. The van der Waals surface area contributed by atoms with Crippen molar-refractivity contribution < 1.29 is 14.3 Å². The van der Waals surface area contributed by atoms with Crippen LogP contribution >= 0.6 is 11.8 Å². The van der Waals surface area contributed by atoms with E-state index in [1.165, 1.54) is 17.3 Å². The molecule has 30 heavy (non-hydrogen) atoms. The van der Waals surface area contributed by atoms with Crippen LogP contribution in [0.3, 0.4) is 0 Å². The number of hydrogen-bond acceptors (Lipinski definition) is 4. The molecule has 0 saturated carbocycles. The van der Waals surface area contributed by atoms with Crippen LogP contribution < -0.4 is 4.90 Å². The fourth-order valence-electron chi connectivity index (χ4n) is 4.14. The van der Waals surface area contributed by atoms with Crippen LogP contribution in [0.25, 0.3) is 0 Å². The van der Waals surface area contributed by atoms with E-state index in [1.807, 2.05) is 59.2 Å². The molecule has 0 bridgehead atoms. The highest BCUT2D eigenvalue weighted by atomic mass is 32.2. The topological polar surface area (TPSA) is 49.9 Å². The molecule has 1 saturated heterocycles. The third-order valence-corrected chi connectivity index (χ3v) is 6.83. The van der Waals surface area contributed by atoms with Gasteiger partial charge in [0, 0.05) is 36.8 Å². The molecule has 2 aliphatic rings. The molecule has 0 N–H and O–H groups in total. The number of ether oxygens (including phenoxy) is 1. The molecule has 6 heteroatoms. The summed E-state index contributed by atoms with van der Waals surface area (Å²) in [6.45, 7) is 4.77. The lowest BCUT2D eigenvalue weighted by molar-refractivity contribution is -0.116. The first-order valence-corrected chi connectivity index (χ1v) is 11.7. The zero-order valence-corrected chi connectivity index (χ0v) is 18.2. The SMILES string of the molecule is CCN(CC1CCCO1)C(=O)c1ccccc1SCC(=O)N1CCc2ccccc21. The third kappa shape index (κ3) is 4.55. The number of hydrogen-bond donors (Lipinski definition) is 0. The van der Waals surface area contributed by atoms with Crippen molar-refractivity contribution in [1.82, 2.24) is 4.90 Å². The van der Waals surface area contributed by atoms with Gasteiger partial charge in [-0.2, -0.15) is 0 Å². The molecule has 1 atom stereocenters. The van der Waals surface area contributed by atoms with Crippen molar-refractivity contribution in [3.63, 3.8) is 0 Å². The minimum Gasteiger partial charge on any atom is -0.376 e. The summed E-state index contributed by atoms with van der Waals surface area (Å²) >= 11 is 1.45. The molecular weight excluding hydrogens is 396 g/mol. The molecule has 0 radical (unpaired) electrons. The summed E-state index contributed by atoms with van der Waals surface area (Å²) in [4.78, 5) is 30.7. The van der Waals surface area contributed by atoms with E-state index in [9.17, 15) is 9.59 Å². The number of carbonyl (C=O) groups excluding carboxylic acids is 2. The maximum Gasteiger partial charge on any atom is 0.255 e. The van der Waals surface area contributed by atoms with Gasteiger partial charge in [-0.3, -0.25) is 9.59 Å². The van der Waals surface area contributed by atoms with E-state index in [4.69, 9.17) is 4.74 Å². The second-order valence-corrected chi connectivity index (χ2v) is 8.70. The second-order valence-electron chi connectivity index (χ2n) is 7.69. The van der Waals surface area contributed by atoms with Gasteiger partial charge in [0.15, 0.2) is 0 Å². The highest BCUT2D eigenvalue weighted by Gasteiger charge is 2.26. The van der Waals surface area contributed by atoms with Crippen molar-refractivity contribution in [2.45, 2.75) is 37.2 Å². The van der Waals surface area contributed by atoms with E-state index >= 15 is 0 Å². The number of anilines is 1. The normalized spacial score (nSPS) is 17.8. The summed E-state index contributed by atoms with van der Waals surface area (Å²) in [6, 6.07) is 15.7. The van der Waals surface area contributed by atoms with Crippen molar-refractivity contribution in [3.05, 3.63) is 59.7 Å². The second kappa shape index (κ2) is 9.67. The molecule has 1 fully saturated rings. The maximum atomic E-state index is 13.2. The minimum atomic E-state index is 0.00932. The van der Waals surface area contributed by atoms with Crippen LogP contribution in [0.1, 0.15) is 35.7 Å². The van der Waals surface area contributed by atoms with Crippen LogP contribution in [0.15, 0.2) is 53.4 Å². The molecule has 5 nitrogen and oxygen atoms in total. The van der Waals surface area contributed by atoms with Crippen LogP contribution in [-0.4, -0.2) is 54.8 Å². The molecule has 0 aliphatic carbocycles. The lowest BCUT2D eigenvalue weighted by atomic mass is 10.1. The first kappa shape index (κ1) is 20.9. The molecule has 2 aromatic rings. The lowest BCUT2D eigenvalue weighted by Gasteiger charge is -2.25. The monoisotopic (exact) mass is 424 g/mol. The van der Waals surface area contributed by atoms with Gasteiger partial charge >= 0.3 is 0 Å². The van der Waals surface area contributed by atoms with E-state index in [1.54, 1.807) is 0 Å². The Morgan fingerprint density at radius 3 is 2.77 bits per heavy atom. The van der Waals surface area contributed by atoms with Gasteiger partial charge in [-0.25, -0.2) is 0 Å². The average Bonchev–Trinajstić information content (AvgIpc) is 3.45. The van der Waals surface area contributed by atoms with Crippen LogP contribution in [0, 0.1) is 0 Å². The van der Waals surface area contributed by atoms with E-state index < -0.39 is 0 Å². The fraction of sp³-hybridized carbons (Fsp3) is 0.417. The standard InChI is InChI=1S/C24H28N2O3S/c1-2-25(16-19-9-7-15-29-19)24(28)20-10-4-6-12-22(20)30-17-23(27)26-14-13-18-8-3-5-11-21(18)26/h3-6,8,10-12,19H,2,7,9,13-17H2,1H3. The average molecular weight is 425 g/mol. The predicted molar refractivity (Wildman–Crippen MR) is 120 cm³/mol. The number of carbonyl (C=O) groups is 2. The summed E-state index contributed by atoms with van der Waals surface area (Å²) in [6.07, 6.45) is 3.10. The summed E-state index contributed by atoms with van der Waals surface area (Å²) in [5, 5.41) is 0. The Hall–Kier alpha value is -2.31. The first-order valence-electron chi connectivity index (χ1n) is 10.7. The molecule has 158 valence electrons. The predicted octanol–water partition coefficient (Wildman–Crippen LogP) is 4.01. The molecule has 1 unspecified atom stereocenters. The summed E-state index contributed by atoms with van der Waals surface area (Å²) in [5.41, 5.74) is 2.90. The number of amides is 2. The molecule has 0 aromatic heterocycles. The number of thioether (sulfide) groups is 1. The minimum absolute atomic E-state index is 0.00932. The smallest absolute Gasteiger partial charge is 0.255 e. The van der Waals surface area contributed by atoms with Gasteiger partial charge in [-0.15, -0.1) is 11.8 Å². The van der Waals surface area contributed by atoms with Gasteiger partial charge in [0.05, 0.1) is 17.4 Å². The van der Waals surface area contributed by atoms with Gasteiger partial charge in [-0.05, 0) is 49.9 Å². The maximum absolute atomic E-state index is 13.2. The summed E-state index contributed by atoms with van der Waals surface area (Å²) in [5.74, 6) is 0.408. The third-order valence-electron chi connectivity index (χ3n) is 5.77. The number of fused-ring (bicyclic) bond motifs is 1. The zero-order chi connectivity index (χ0) is 20.9. The van der Waals surface area contributed by atoms with Gasteiger partial charge < -0.3 is 14.5 Å². The Kier molecular flexibility index (Phi) is 6.75. The highest BCUT2D eigenvalue weighted by molar-refractivity contribution is 8.00. The Bertz CT molecular complexity index is 911. The van der Waals surface area contributed by atoms with Crippen molar-refractivity contribution >= 4 is 29.3 Å². The lowest BCUT2D eigenvalue weighted by Crippen LogP contribution is -2.37.